The number of carbonyl (C=O) groups is 1. The highest BCUT2D eigenvalue weighted by Gasteiger charge is 2.33. The fourth-order valence-electron chi connectivity index (χ4n) is 3.26. The summed E-state index contributed by atoms with van der Waals surface area (Å²) < 4.78 is 45.6. The fraction of sp³-hybridized carbons (Fsp3) is 0.381. The van der Waals surface area contributed by atoms with Crippen molar-refractivity contribution >= 4 is 21.6 Å². The molecule has 2 aromatic rings. The third-order valence-corrected chi connectivity index (χ3v) is 6.58. The zero-order valence-electron chi connectivity index (χ0n) is 16.5. The van der Waals surface area contributed by atoms with E-state index in [0.717, 1.165) is 12.1 Å². The summed E-state index contributed by atoms with van der Waals surface area (Å²) in [6.45, 7) is 4.31. The van der Waals surface area contributed by atoms with Gasteiger partial charge in [0, 0.05) is 18.8 Å². The first-order valence-corrected chi connectivity index (χ1v) is 11.0. The Morgan fingerprint density at radius 3 is 2.41 bits per heavy atom. The van der Waals surface area contributed by atoms with Gasteiger partial charge in [0.15, 0.2) is 0 Å². The summed E-state index contributed by atoms with van der Waals surface area (Å²) >= 11 is 0. The number of carbonyl (C=O) groups excluding carboxylic acids is 1. The number of ether oxygens (including phenoxy) is 1. The van der Waals surface area contributed by atoms with Gasteiger partial charge < -0.3 is 10.1 Å². The second-order valence-corrected chi connectivity index (χ2v) is 9.27. The molecule has 0 saturated carbocycles. The van der Waals surface area contributed by atoms with Gasteiger partial charge in [0.2, 0.25) is 15.9 Å². The average Bonchev–Trinajstić information content (AvgIpc) is 2.69. The van der Waals surface area contributed by atoms with Crippen LogP contribution in [0.3, 0.4) is 0 Å². The number of halogens is 1. The number of sulfonamides is 1. The Bertz CT molecular complexity index is 944. The van der Waals surface area contributed by atoms with Crippen molar-refractivity contribution < 1.29 is 22.3 Å². The molecular formula is C21H25FN2O4S. The molecule has 1 heterocycles. The van der Waals surface area contributed by atoms with Gasteiger partial charge in [-0.2, -0.15) is 4.31 Å². The number of benzene rings is 2. The third kappa shape index (κ3) is 5.33. The Morgan fingerprint density at radius 1 is 1.14 bits per heavy atom. The van der Waals surface area contributed by atoms with Crippen LogP contribution in [0.25, 0.3) is 0 Å². The van der Waals surface area contributed by atoms with Gasteiger partial charge in [-0.3, -0.25) is 4.79 Å². The first kappa shape index (κ1) is 21.3. The molecule has 1 atom stereocenters. The predicted octanol–water partition coefficient (Wildman–Crippen LogP) is 3.65. The average molecular weight is 421 g/mol. The van der Waals surface area contributed by atoms with E-state index >= 15 is 0 Å². The molecular weight excluding hydrogens is 395 g/mol. The van der Waals surface area contributed by atoms with Gasteiger partial charge in [-0.25, -0.2) is 12.8 Å². The van der Waals surface area contributed by atoms with Gasteiger partial charge in [-0.05, 0) is 75.2 Å². The number of nitrogens with zero attached hydrogens (tertiary/aromatic N) is 1. The highest BCUT2D eigenvalue weighted by Crippen LogP contribution is 2.25. The number of amides is 1. The third-order valence-electron chi connectivity index (χ3n) is 4.70. The van der Waals surface area contributed by atoms with Crippen molar-refractivity contribution in [3.63, 3.8) is 0 Å². The van der Waals surface area contributed by atoms with E-state index in [4.69, 9.17) is 4.74 Å². The minimum atomic E-state index is -3.77. The molecule has 3 rings (SSSR count). The lowest BCUT2D eigenvalue weighted by atomic mass is 9.99. The Hall–Kier alpha value is -2.45. The standard InChI is InChI=1S/C21H25FN2O4S/c1-15(2)28-19-9-7-18(8-10-19)23-21(25)16-4-3-13-24(14-16)29(26,27)20-11-5-17(22)6-12-20/h5-12,15-16H,3-4,13-14H2,1-2H3,(H,23,25)/t16-/m1/s1. The summed E-state index contributed by atoms with van der Waals surface area (Å²) in [5.74, 6) is -0.455. The molecule has 1 saturated heterocycles. The van der Waals surface area contributed by atoms with Crippen molar-refractivity contribution in [2.45, 2.75) is 37.7 Å². The van der Waals surface area contributed by atoms with E-state index < -0.39 is 21.8 Å². The van der Waals surface area contributed by atoms with E-state index in [2.05, 4.69) is 5.32 Å². The summed E-state index contributed by atoms with van der Waals surface area (Å²) in [6, 6.07) is 11.8. The van der Waals surface area contributed by atoms with Gasteiger partial charge >= 0.3 is 0 Å². The Morgan fingerprint density at radius 2 is 1.79 bits per heavy atom. The zero-order chi connectivity index (χ0) is 21.0. The molecule has 0 bridgehead atoms. The molecule has 0 unspecified atom stereocenters. The van der Waals surface area contributed by atoms with Crippen molar-refractivity contribution in [2.75, 3.05) is 18.4 Å². The summed E-state index contributed by atoms with van der Waals surface area (Å²) in [7, 11) is -3.77. The highest BCUT2D eigenvalue weighted by atomic mass is 32.2. The van der Waals surface area contributed by atoms with Gasteiger partial charge in [0.25, 0.3) is 0 Å². The number of anilines is 1. The summed E-state index contributed by atoms with van der Waals surface area (Å²) in [5, 5.41) is 2.85. The SMILES string of the molecule is CC(C)Oc1ccc(NC(=O)[C@@H]2CCCN(S(=O)(=O)c3ccc(F)cc3)C2)cc1. The Labute approximate surface area is 170 Å². The molecule has 0 radical (unpaired) electrons. The molecule has 1 aliphatic rings. The van der Waals surface area contributed by atoms with Crippen LogP contribution in [-0.4, -0.2) is 37.8 Å². The smallest absolute Gasteiger partial charge is 0.243 e. The van der Waals surface area contributed by atoms with Crippen LogP contribution < -0.4 is 10.1 Å². The largest absolute Gasteiger partial charge is 0.491 e. The molecule has 0 spiro atoms. The maximum atomic E-state index is 13.1. The molecule has 1 N–H and O–H groups in total. The van der Waals surface area contributed by atoms with E-state index in [1.165, 1.54) is 16.4 Å². The normalized spacial score (nSPS) is 17.9. The van der Waals surface area contributed by atoms with Crippen LogP contribution >= 0.6 is 0 Å². The van der Waals surface area contributed by atoms with Crippen LogP contribution in [0.15, 0.2) is 53.4 Å². The molecule has 29 heavy (non-hydrogen) atoms. The van der Waals surface area contributed by atoms with Gasteiger partial charge in [-0.15, -0.1) is 0 Å². The predicted molar refractivity (Wildman–Crippen MR) is 109 cm³/mol. The van der Waals surface area contributed by atoms with Crippen LogP contribution in [0, 0.1) is 11.7 Å². The zero-order valence-corrected chi connectivity index (χ0v) is 17.3. The van der Waals surface area contributed by atoms with Crippen molar-refractivity contribution in [3.8, 4) is 5.75 Å². The number of hydrogen-bond acceptors (Lipinski definition) is 4. The van der Waals surface area contributed by atoms with E-state index in [1.807, 2.05) is 13.8 Å². The number of nitrogens with one attached hydrogen (secondary N) is 1. The van der Waals surface area contributed by atoms with E-state index in [-0.39, 0.29) is 23.5 Å². The van der Waals surface area contributed by atoms with Crippen molar-refractivity contribution in [1.82, 2.24) is 4.31 Å². The lowest BCUT2D eigenvalue weighted by Crippen LogP contribution is -2.43. The molecule has 1 aliphatic heterocycles. The Balaban J connectivity index is 1.65. The summed E-state index contributed by atoms with van der Waals surface area (Å²) in [6.07, 6.45) is 1.25. The highest BCUT2D eigenvalue weighted by molar-refractivity contribution is 7.89. The molecule has 1 fully saturated rings. The van der Waals surface area contributed by atoms with Crippen molar-refractivity contribution in [3.05, 3.63) is 54.3 Å². The van der Waals surface area contributed by atoms with Gasteiger partial charge in [0.05, 0.1) is 16.9 Å². The number of hydrogen-bond donors (Lipinski definition) is 1. The van der Waals surface area contributed by atoms with Crippen molar-refractivity contribution in [1.29, 1.82) is 0 Å². The van der Waals surface area contributed by atoms with E-state index in [9.17, 15) is 17.6 Å². The molecule has 2 aromatic carbocycles. The number of rotatable bonds is 6. The molecule has 0 aromatic heterocycles. The van der Waals surface area contributed by atoms with Crippen LogP contribution in [0.4, 0.5) is 10.1 Å². The minimum absolute atomic E-state index is 0.0284. The van der Waals surface area contributed by atoms with E-state index in [0.29, 0.717) is 30.8 Å². The fourth-order valence-corrected chi connectivity index (χ4v) is 4.79. The van der Waals surface area contributed by atoms with Crippen LogP contribution in [0.1, 0.15) is 26.7 Å². The second-order valence-electron chi connectivity index (χ2n) is 7.34. The first-order chi connectivity index (χ1) is 13.8. The number of piperidine rings is 1. The van der Waals surface area contributed by atoms with Crippen molar-refractivity contribution in [2.24, 2.45) is 5.92 Å². The van der Waals surface area contributed by atoms with Gasteiger partial charge in [-0.1, -0.05) is 0 Å². The maximum Gasteiger partial charge on any atom is 0.243 e. The molecule has 156 valence electrons. The Kier molecular flexibility index (Phi) is 6.54. The minimum Gasteiger partial charge on any atom is -0.491 e. The van der Waals surface area contributed by atoms with Crippen LogP contribution in [-0.2, 0) is 14.8 Å². The van der Waals surface area contributed by atoms with Gasteiger partial charge in [0.1, 0.15) is 11.6 Å². The second kappa shape index (κ2) is 8.92. The monoisotopic (exact) mass is 420 g/mol. The maximum absolute atomic E-state index is 13.1. The summed E-state index contributed by atoms with van der Waals surface area (Å²) in [4.78, 5) is 12.7. The molecule has 8 heteroatoms. The van der Waals surface area contributed by atoms with E-state index in [1.54, 1.807) is 24.3 Å². The lowest BCUT2D eigenvalue weighted by molar-refractivity contribution is -0.120. The molecule has 1 amide bonds. The summed E-state index contributed by atoms with van der Waals surface area (Å²) in [5.41, 5.74) is 0.629. The first-order valence-electron chi connectivity index (χ1n) is 9.59. The van der Waals surface area contributed by atoms with Crippen LogP contribution in [0.2, 0.25) is 0 Å². The van der Waals surface area contributed by atoms with Crippen LogP contribution in [0.5, 0.6) is 5.75 Å². The molecule has 6 nitrogen and oxygen atoms in total. The molecule has 0 aliphatic carbocycles. The quantitative estimate of drug-likeness (QED) is 0.774. The topological polar surface area (TPSA) is 75.7 Å². The lowest BCUT2D eigenvalue weighted by Gasteiger charge is -2.31.